The average Bonchev–Trinajstić information content (AvgIpc) is 2.32. The van der Waals surface area contributed by atoms with Gasteiger partial charge in [0, 0.05) is 0 Å². The summed E-state index contributed by atoms with van der Waals surface area (Å²) in [5.41, 5.74) is 1.52. The lowest BCUT2D eigenvalue weighted by molar-refractivity contribution is -0.308. The van der Waals surface area contributed by atoms with E-state index in [9.17, 15) is 0 Å². The van der Waals surface area contributed by atoms with Gasteiger partial charge < -0.3 is 0 Å². The van der Waals surface area contributed by atoms with Crippen LogP contribution in [-0.4, -0.2) is 0 Å². The van der Waals surface area contributed by atoms with Crippen LogP contribution < -0.4 is 0 Å². The maximum atomic E-state index is 2.58. The highest BCUT2D eigenvalue weighted by Gasteiger charge is 2.73. The van der Waals surface area contributed by atoms with Crippen molar-refractivity contribution in [2.75, 3.05) is 0 Å². The first-order chi connectivity index (χ1) is 7.54. The molecule has 0 saturated heterocycles. The largest absolute Gasteiger partial charge is 0.0620 e. The Hall–Kier alpha value is 0. The summed E-state index contributed by atoms with van der Waals surface area (Å²) in [6.45, 7) is 22.5. The van der Waals surface area contributed by atoms with Crippen LogP contribution in [0.1, 0.15) is 62.3 Å². The Morgan fingerprint density at radius 1 is 0.588 bits per heavy atom. The SMILES string of the molecule is CC1C(C)C(C)(C2(C)C(C)C(C)C2(C)C)C1C. The van der Waals surface area contributed by atoms with E-state index in [-0.39, 0.29) is 0 Å². The lowest BCUT2D eigenvalue weighted by Crippen LogP contribution is -2.73. The molecule has 0 aliphatic heterocycles. The highest BCUT2D eigenvalue weighted by atomic mass is 14.8. The molecule has 0 heterocycles. The predicted octanol–water partition coefficient (Wildman–Crippen LogP) is 5.23. The summed E-state index contributed by atoms with van der Waals surface area (Å²) in [4.78, 5) is 0. The van der Waals surface area contributed by atoms with Gasteiger partial charge in [-0.15, -0.1) is 0 Å². The molecule has 0 aromatic heterocycles. The third kappa shape index (κ3) is 1.08. The Balaban J connectivity index is 2.41. The molecule has 5 atom stereocenters. The first-order valence-electron chi connectivity index (χ1n) is 7.54. The van der Waals surface area contributed by atoms with Gasteiger partial charge in [0.15, 0.2) is 0 Å². The Morgan fingerprint density at radius 2 is 1.00 bits per heavy atom. The third-order valence-electron chi connectivity index (χ3n) is 8.73. The van der Waals surface area contributed by atoms with Gasteiger partial charge in [-0.25, -0.2) is 0 Å². The maximum Gasteiger partial charge on any atom is -0.0184 e. The lowest BCUT2D eigenvalue weighted by atomic mass is 9.26. The van der Waals surface area contributed by atoms with Gasteiger partial charge in [0.2, 0.25) is 0 Å². The molecule has 0 aromatic carbocycles. The zero-order valence-corrected chi connectivity index (χ0v) is 13.4. The molecular weight excluding hydrogens is 204 g/mol. The molecule has 2 aliphatic rings. The Morgan fingerprint density at radius 3 is 1.35 bits per heavy atom. The molecule has 0 aromatic rings. The summed E-state index contributed by atoms with van der Waals surface area (Å²) in [5, 5.41) is 0. The number of hydrogen-bond donors (Lipinski definition) is 0. The number of rotatable bonds is 1. The molecule has 2 rings (SSSR count). The van der Waals surface area contributed by atoms with E-state index in [4.69, 9.17) is 0 Å². The third-order valence-corrected chi connectivity index (χ3v) is 8.73. The monoisotopic (exact) mass is 236 g/mol. The van der Waals surface area contributed by atoms with Gasteiger partial charge in [-0.2, -0.15) is 0 Å². The van der Waals surface area contributed by atoms with Crippen LogP contribution in [0.5, 0.6) is 0 Å². The summed E-state index contributed by atoms with van der Waals surface area (Å²) in [6.07, 6.45) is 0. The maximum absolute atomic E-state index is 2.58. The summed E-state index contributed by atoms with van der Waals surface area (Å²) in [6, 6.07) is 0. The van der Waals surface area contributed by atoms with E-state index >= 15 is 0 Å². The summed E-state index contributed by atoms with van der Waals surface area (Å²) < 4.78 is 0. The van der Waals surface area contributed by atoms with Crippen LogP contribution in [0.4, 0.5) is 0 Å². The van der Waals surface area contributed by atoms with E-state index in [0.717, 1.165) is 29.6 Å². The Labute approximate surface area is 109 Å². The van der Waals surface area contributed by atoms with Crippen molar-refractivity contribution in [2.45, 2.75) is 62.3 Å². The standard InChI is InChI=1S/C17H32/c1-10-11(2)16(8,12(10)3)17(9)14(5)13(4)15(17,6)7/h10-14H,1-9H3. The van der Waals surface area contributed by atoms with Gasteiger partial charge in [0.25, 0.3) is 0 Å². The van der Waals surface area contributed by atoms with Crippen molar-refractivity contribution in [3.05, 3.63) is 0 Å². The van der Waals surface area contributed by atoms with Crippen molar-refractivity contribution in [3.8, 4) is 0 Å². The van der Waals surface area contributed by atoms with Crippen LogP contribution in [0.15, 0.2) is 0 Å². The molecule has 0 heteroatoms. The minimum absolute atomic E-state index is 0.490. The topological polar surface area (TPSA) is 0 Å². The summed E-state index contributed by atoms with van der Waals surface area (Å²) in [5.74, 6) is 4.36. The first-order valence-corrected chi connectivity index (χ1v) is 7.54. The second kappa shape index (κ2) is 3.31. The van der Waals surface area contributed by atoms with Gasteiger partial charge in [-0.1, -0.05) is 62.3 Å². The van der Waals surface area contributed by atoms with Gasteiger partial charge >= 0.3 is 0 Å². The fourth-order valence-electron chi connectivity index (χ4n) is 6.04. The van der Waals surface area contributed by atoms with E-state index in [1.165, 1.54) is 0 Å². The molecule has 0 bridgehead atoms. The molecule has 0 nitrogen and oxygen atoms in total. The van der Waals surface area contributed by atoms with Crippen LogP contribution >= 0.6 is 0 Å². The Kier molecular flexibility index (Phi) is 2.61. The van der Waals surface area contributed by atoms with Crippen molar-refractivity contribution in [1.29, 1.82) is 0 Å². The first kappa shape index (κ1) is 13.4. The second-order valence-electron chi connectivity index (χ2n) is 8.22. The summed E-state index contributed by atoms with van der Waals surface area (Å²) in [7, 11) is 0. The fourth-order valence-corrected chi connectivity index (χ4v) is 6.04. The molecule has 17 heavy (non-hydrogen) atoms. The van der Waals surface area contributed by atoms with Crippen LogP contribution in [-0.2, 0) is 0 Å². The molecule has 0 amide bonds. The van der Waals surface area contributed by atoms with Gasteiger partial charge in [-0.3, -0.25) is 0 Å². The van der Waals surface area contributed by atoms with E-state index in [2.05, 4.69) is 62.3 Å². The van der Waals surface area contributed by atoms with Crippen LogP contribution in [0.2, 0.25) is 0 Å². The normalized spacial score (nSPS) is 61.6. The quantitative estimate of drug-likeness (QED) is 0.584. The van der Waals surface area contributed by atoms with E-state index in [1.807, 2.05) is 0 Å². The lowest BCUT2D eigenvalue weighted by Gasteiger charge is -2.78. The van der Waals surface area contributed by atoms with Crippen molar-refractivity contribution in [2.24, 2.45) is 45.8 Å². The minimum atomic E-state index is 0.490. The molecular formula is C17H32. The number of hydrogen-bond acceptors (Lipinski definition) is 0. The zero-order valence-electron chi connectivity index (χ0n) is 13.4. The molecule has 5 unspecified atom stereocenters. The Bertz CT molecular complexity index is 317. The van der Waals surface area contributed by atoms with Gasteiger partial charge in [0.05, 0.1) is 0 Å². The molecule has 0 radical (unpaired) electrons. The van der Waals surface area contributed by atoms with Crippen molar-refractivity contribution < 1.29 is 0 Å². The van der Waals surface area contributed by atoms with Crippen LogP contribution in [0, 0.1) is 45.8 Å². The van der Waals surface area contributed by atoms with Crippen molar-refractivity contribution in [1.82, 2.24) is 0 Å². The molecule has 0 N–H and O–H groups in total. The predicted molar refractivity (Wildman–Crippen MR) is 75.8 cm³/mol. The molecule has 100 valence electrons. The molecule has 0 spiro atoms. The van der Waals surface area contributed by atoms with E-state index < -0.39 is 0 Å². The molecule has 2 saturated carbocycles. The summed E-state index contributed by atoms with van der Waals surface area (Å²) >= 11 is 0. The fraction of sp³-hybridized carbons (Fsp3) is 1.00. The average molecular weight is 236 g/mol. The van der Waals surface area contributed by atoms with Crippen molar-refractivity contribution in [3.63, 3.8) is 0 Å². The highest BCUT2D eigenvalue weighted by molar-refractivity contribution is 5.20. The van der Waals surface area contributed by atoms with Crippen LogP contribution in [0.25, 0.3) is 0 Å². The highest BCUT2D eigenvalue weighted by Crippen LogP contribution is 2.78. The van der Waals surface area contributed by atoms with Crippen LogP contribution in [0.3, 0.4) is 0 Å². The smallest absolute Gasteiger partial charge is 0.0184 e. The molecule has 2 aliphatic carbocycles. The van der Waals surface area contributed by atoms with E-state index in [1.54, 1.807) is 0 Å². The van der Waals surface area contributed by atoms with Gasteiger partial charge in [0.1, 0.15) is 0 Å². The second-order valence-corrected chi connectivity index (χ2v) is 8.22. The van der Waals surface area contributed by atoms with Crippen molar-refractivity contribution >= 4 is 0 Å². The minimum Gasteiger partial charge on any atom is -0.0620 e. The molecule has 2 fully saturated rings. The van der Waals surface area contributed by atoms with Gasteiger partial charge in [-0.05, 0) is 45.8 Å². The van der Waals surface area contributed by atoms with E-state index in [0.29, 0.717) is 16.2 Å². The zero-order chi connectivity index (χ0) is 13.4.